The summed E-state index contributed by atoms with van der Waals surface area (Å²) in [5.74, 6) is 3.83. The van der Waals surface area contributed by atoms with Crippen LogP contribution in [0.4, 0.5) is 10.5 Å². The maximum atomic E-state index is 11.2. The Morgan fingerprint density at radius 3 is 1.88 bits per heavy atom. The Labute approximate surface area is 237 Å². The second kappa shape index (κ2) is 11.4. The molecule has 4 aliphatic rings. The van der Waals surface area contributed by atoms with Crippen molar-refractivity contribution in [3.05, 3.63) is 76.8 Å². The predicted molar refractivity (Wildman–Crippen MR) is 146 cm³/mol. The van der Waals surface area contributed by atoms with Gasteiger partial charge < -0.3 is 33.2 Å². The Kier molecular flexibility index (Phi) is 7.60. The molecule has 3 aromatic carbocycles. The molecule has 9 nitrogen and oxygen atoms in total. The van der Waals surface area contributed by atoms with Crippen molar-refractivity contribution in [1.82, 2.24) is 0 Å². The minimum absolute atomic E-state index is 0.0218. The van der Waals surface area contributed by atoms with Gasteiger partial charge in [0.2, 0.25) is 13.6 Å². The number of benzene rings is 3. The Morgan fingerprint density at radius 2 is 1.35 bits per heavy atom. The van der Waals surface area contributed by atoms with Crippen molar-refractivity contribution in [2.24, 2.45) is 11.8 Å². The summed E-state index contributed by atoms with van der Waals surface area (Å²) in [5, 5.41) is 3.14. The predicted octanol–water partition coefficient (Wildman–Crippen LogP) is 6.52. The van der Waals surface area contributed by atoms with Crippen LogP contribution in [0.15, 0.2) is 60.7 Å². The molecule has 210 valence electrons. The van der Waals surface area contributed by atoms with Crippen molar-refractivity contribution < 1.29 is 38.0 Å². The highest BCUT2D eigenvalue weighted by atomic mass is 35.5. The fraction of sp³-hybridized carbons (Fsp3) is 0.367. The number of nitrogens with one attached hydrogen (secondary N) is 1. The number of carbonyl (C=O) groups excluding carboxylic acids is 1. The molecule has 4 atom stereocenters. The second-order valence-corrected chi connectivity index (χ2v) is 10.6. The lowest BCUT2D eigenvalue weighted by Crippen LogP contribution is -2.17. The van der Waals surface area contributed by atoms with E-state index in [0.29, 0.717) is 35.8 Å². The van der Waals surface area contributed by atoms with Crippen LogP contribution in [0.3, 0.4) is 0 Å². The lowest BCUT2D eigenvalue weighted by Gasteiger charge is -2.17. The van der Waals surface area contributed by atoms with Gasteiger partial charge in [-0.2, -0.15) is 0 Å². The topological polar surface area (TPSA) is 93.7 Å². The molecule has 0 radical (unpaired) electrons. The summed E-state index contributed by atoms with van der Waals surface area (Å²) in [6.45, 7) is 5.51. The molecule has 4 unspecified atom stereocenters. The maximum absolute atomic E-state index is 11.2. The number of halogens is 1. The normalized spacial score (nSPS) is 23.4. The van der Waals surface area contributed by atoms with Crippen LogP contribution in [0.1, 0.15) is 37.2 Å². The molecule has 7 rings (SSSR count). The van der Waals surface area contributed by atoms with E-state index in [1.54, 1.807) is 38.1 Å². The van der Waals surface area contributed by atoms with Gasteiger partial charge in [-0.05, 0) is 67.4 Å². The lowest BCUT2D eigenvalue weighted by molar-refractivity contribution is 0.0192. The molecule has 3 aromatic rings. The Bertz CT molecular complexity index is 1310. The van der Waals surface area contributed by atoms with Crippen LogP contribution in [-0.4, -0.2) is 39.0 Å². The molecule has 4 aliphatic heterocycles. The van der Waals surface area contributed by atoms with Gasteiger partial charge in [0, 0.05) is 22.5 Å². The van der Waals surface area contributed by atoms with E-state index >= 15 is 0 Å². The largest absolute Gasteiger partial charge is 0.454 e. The Balaban J connectivity index is 0.000000177. The standard InChI is InChI=1S/C20H18O6.C10H12ClNO2/c1-3-15-17(25-9-23-15)5-11(1)19-13-7-22-20(14(13)8-21-19)12-2-4-16-18(6-12)26-10-24-16;1-7(2)14-10(13)12-9-5-3-4-8(11)6-9/h1-6,13-14,19-20H,7-10H2;3-7H,1-2H3,(H,12,13). The molecular formula is C30H30ClNO8. The molecule has 0 spiro atoms. The van der Waals surface area contributed by atoms with Gasteiger partial charge in [-0.1, -0.05) is 29.8 Å². The van der Waals surface area contributed by atoms with E-state index in [1.807, 2.05) is 24.3 Å². The number of anilines is 1. The van der Waals surface area contributed by atoms with Crippen LogP contribution in [0.2, 0.25) is 5.02 Å². The number of amides is 1. The third-order valence-electron chi connectivity index (χ3n) is 7.13. The molecule has 2 fully saturated rings. The summed E-state index contributed by atoms with van der Waals surface area (Å²) in [6, 6.07) is 19.0. The van der Waals surface area contributed by atoms with Crippen molar-refractivity contribution in [2.75, 3.05) is 32.1 Å². The van der Waals surface area contributed by atoms with Gasteiger partial charge in [0.05, 0.1) is 31.5 Å². The Hall–Kier alpha value is -3.66. The highest BCUT2D eigenvalue weighted by Crippen LogP contribution is 2.52. The summed E-state index contributed by atoms with van der Waals surface area (Å²) in [5.41, 5.74) is 2.87. The van der Waals surface area contributed by atoms with Crippen LogP contribution in [0.25, 0.3) is 0 Å². The minimum Gasteiger partial charge on any atom is -0.454 e. The van der Waals surface area contributed by atoms with Gasteiger partial charge in [-0.25, -0.2) is 4.79 Å². The number of ether oxygens (including phenoxy) is 7. The maximum Gasteiger partial charge on any atom is 0.411 e. The van der Waals surface area contributed by atoms with E-state index in [1.165, 1.54) is 0 Å². The van der Waals surface area contributed by atoms with Crippen molar-refractivity contribution in [2.45, 2.75) is 32.2 Å². The molecule has 1 amide bonds. The molecular weight excluding hydrogens is 538 g/mol. The van der Waals surface area contributed by atoms with E-state index in [9.17, 15) is 4.79 Å². The number of carbonyl (C=O) groups is 1. The zero-order chi connectivity index (χ0) is 27.6. The average molecular weight is 568 g/mol. The van der Waals surface area contributed by atoms with Crippen LogP contribution in [-0.2, 0) is 14.2 Å². The third kappa shape index (κ3) is 5.63. The first-order valence-electron chi connectivity index (χ1n) is 13.2. The molecule has 0 aromatic heterocycles. The zero-order valence-electron chi connectivity index (χ0n) is 22.1. The quantitative estimate of drug-likeness (QED) is 0.381. The number of fused-ring (bicyclic) bond motifs is 3. The molecule has 0 bridgehead atoms. The molecule has 10 heteroatoms. The highest BCUT2D eigenvalue weighted by molar-refractivity contribution is 6.30. The van der Waals surface area contributed by atoms with Gasteiger partial charge in [0.1, 0.15) is 0 Å². The fourth-order valence-electron chi connectivity index (χ4n) is 5.34. The second-order valence-electron chi connectivity index (χ2n) is 10.2. The van der Waals surface area contributed by atoms with Crippen LogP contribution < -0.4 is 24.3 Å². The van der Waals surface area contributed by atoms with E-state index in [-0.39, 0.29) is 31.9 Å². The van der Waals surface area contributed by atoms with Gasteiger partial charge >= 0.3 is 6.09 Å². The molecule has 2 saturated heterocycles. The fourth-order valence-corrected chi connectivity index (χ4v) is 5.53. The summed E-state index contributed by atoms with van der Waals surface area (Å²) < 4.78 is 39.1. The van der Waals surface area contributed by atoms with Gasteiger partial charge in [0.15, 0.2) is 23.0 Å². The highest BCUT2D eigenvalue weighted by Gasteiger charge is 2.48. The van der Waals surface area contributed by atoms with E-state index in [2.05, 4.69) is 17.4 Å². The average Bonchev–Trinajstić information content (AvgIpc) is 3.72. The van der Waals surface area contributed by atoms with Gasteiger partial charge in [-0.15, -0.1) is 0 Å². The molecule has 40 heavy (non-hydrogen) atoms. The first-order valence-corrected chi connectivity index (χ1v) is 13.6. The van der Waals surface area contributed by atoms with Crippen molar-refractivity contribution >= 4 is 23.4 Å². The van der Waals surface area contributed by atoms with Crippen molar-refractivity contribution in [3.63, 3.8) is 0 Å². The summed E-state index contributed by atoms with van der Waals surface area (Å²) in [4.78, 5) is 11.2. The van der Waals surface area contributed by atoms with E-state index in [0.717, 1.165) is 34.1 Å². The number of rotatable bonds is 4. The van der Waals surface area contributed by atoms with Crippen LogP contribution >= 0.6 is 11.6 Å². The third-order valence-corrected chi connectivity index (χ3v) is 7.36. The monoisotopic (exact) mass is 567 g/mol. The smallest absolute Gasteiger partial charge is 0.411 e. The van der Waals surface area contributed by atoms with E-state index < -0.39 is 6.09 Å². The molecule has 0 saturated carbocycles. The Morgan fingerprint density at radius 1 is 0.800 bits per heavy atom. The van der Waals surface area contributed by atoms with Crippen molar-refractivity contribution in [1.29, 1.82) is 0 Å². The summed E-state index contributed by atoms with van der Waals surface area (Å²) in [7, 11) is 0. The zero-order valence-corrected chi connectivity index (χ0v) is 22.9. The minimum atomic E-state index is -0.470. The van der Waals surface area contributed by atoms with Gasteiger partial charge in [-0.3, -0.25) is 5.32 Å². The van der Waals surface area contributed by atoms with Crippen molar-refractivity contribution in [3.8, 4) is 23.0 Å². The first kappa shape index (κ1) is 26.6. The van der Waals surface area contributed by atoms with Gasteiger partial charge in [0.25, 0.3) is 0 Å². The SMILES string of the molecule is CC(C)OC(=O)Nc1cccc(Cl)c1.c1cc2c(cc1C1OCC3C(c4ccc5c(c4)OCO5)OCC13)OCO2. The number of hydrogen-bond donors (Lipinski definition) is 1. The molecule has 0 aliphatic carbocycles. The van der Waals surface area contributed by atoms with E-state index in [4.69, 9.17) is 44.8 Å². The summed E-state index contributed by atoms with van der Waals surface area (Å²) in [6.07, 6.45) is -0.557. The number of hydrogen-bond acceptors (Lipinski definition) is 8. The van der Waals surface area contributed by atoms with Crippen LogP contribution in [0, 0.1) is 11.8 Å². The molecule has 1 N–H and O–H groups in total. The van der Waals surface area contributed by atoms with Crippen LogP contribution in [0.5, 0.6) is 23.0 Å². The first-order chi connectivity index (χ1) is 19.4. The lowest BCUT2D eigenvalue weighted by atomic mass is 9.85. The summed E-state index contributed by atoms with van der Waals surface area (Å²) >= 11 is 5.74. The molecule has 4 heterocycles.